The number of aryl methyl sites for hydroxylation is 1. The van der Waals surface area contributed by atoms with Gasteiger partial charge in [0.1, 0.15) is 0 Å². The Labute approximate surface area is 181 Å². The third-order valence-corrected chi connectivity index (χ3v) is 7.41. The zero-order valence-corrected chi connectivity index (χ0v) is 18.0. The average Bonchev–Trinajstić information content (AvgIpc) is 2.78. The molecule has 3 aromatic carbocycles. The molecule has 0 fully saturated rings. The molecule has 3 aromatic rings. The van der Waals surface area contributed by atoms with Gasteiger partial charge in [-0.2, -0.15) is 0 Å². The molecule has 30 heavy (non-hydrogen) atoms. The Hall–Kier alpha value is -2.83. The van der Waals surface area contributed by atoms with Crippen molar-refractivity contribution in [3.63, 3.8) is 0 Å². The minimum atomic E-state index is -3.85. The molecule has 0 saturated carbocycles. The van der Waals surface area contributed by atoms with Crippen molar-refractivity contribution in [3.05, 3.63) is 88.9 Å². The maximum Gasteiger partial charge on any atom is 0.264 e. The predicted octanol–water partition coefficient (Wildman–Crippen LogP) is 4.76. The van der Waals surface area contributed by atoms with Gasteiger partial charge in [0.25, 0.3) is 15.9 Å². The molecule has 4 rings (SSSR count). The van der Waals surface area contributed by atoms with Crippen LogP contribution in [0.3, 0.4) is 0 Å². The molecule has 7 heteroatoms. The van der Waals surface area contributed by atoms with Gasteiger partial charge in [-0.3, -0.25) is 9.10 Å². The molecule has 0 radical (unpaired) electrons. The summed E-state index contributed by atoms with van der Waals surface area (Å²) in [4.78, 5) is 15.0. The highest BCUT2D eigenvalue weighted by Crippen LogP contribution is 2.31. The fourth-order valence-electron chi connectivity index (χ4n) is 3.65. The summed E-state index contributed by atoms with van der Waals surface area (Å²) in [5, 5.41) is 0.226. The fourth-order valence-corrected chi connectivity index (χ4v) is 5.07. The summed E-state index contributed by atoms with van der Waals surface area (Å²) in [5.41, 5.74) is 2.65. The number of benzene rings is 3. The Bertz CT molecular complexity index is 1200. The number of carbonyl (C=O) groups excluding carboxylic acids is 1. The SMILES string of the molecule is CN(c1ccccc1)S(=O)(=O)c1ccc(Cl)c(C(=O)N2CCCc3ccccc32)c1. The predicted molar refractivity (Wildman–Crippen MR) is 120 cm³/mol. The maximum atomic E-state index is 13.3. The number of sulfonamides is 1. The molecule has 0 atom stereocenters. The fraction of sp³-hybridized carbons (Fsp3) is 0.174. The molecule has 0 bridgehead atoms. The second kappa shape index (κ2) is 8.13. The van der Waals surface area contributed by atoms with Crippen LogP contribution in [0.25, 0.3) is 0 Å². The molecule has 0 unspecified atom stereocenters. The number of carbonyl (C=O) groups is 1. The van der Waals surface area contributed by atoms with E-state index in [-0.39, 0.29) is 21.4 Å². The lowest BCUT2D eigenvalue weighted by atomic mass is 10.0. The van der Waals surface area contributed by atoms with Gasteiger partial charge >= 0.3 is 0 Å². The molecule has 1 amide bonds. The minimum Gasteiger partial charge on any atom is -0.308 e. The Morgan fingerprint density at radius 3 is 2.47 bits per heavy atom. The molecule has 1 heterocycles. The van der Waals surface area contributed by atoms with Crippen molar-refractivity contribution in [1.29, 1.82) is 0 Å². The van der Waals surface area contributed by atoms with Crippen LogP contribution in [0.1, 0.15) is 22.3 Å². The smallest absolute Gasteiger partial charge is 0.264 e. The summed E-state index contributed by atoms with van der Waals surface area (Å²) in [6.07, 6.45) is 1.75. The minimum absolute atomic E-state index is 0.0203. The number of nitrogens with zero attached hydrogens (tertiary/aromatic N) is 2. The molecule has 0 N–H and O–H groups in total. The third kappa shape index (κ3) is 3.68. The zero-order chi connectivity index (χ0) is 21.3. The number of anilines is 2. The molecular formula is C23H21ClN2O3S. The lowest BCUT2D eigenvalue weighted by molar-refractivity contribution is 0.0985. The number of halogens is 1. The van der Waals surface area contributed by atoms with Gasteiger partial charge in [-0.1, -0.05) is 48.0 Å². The highest BCUT2D eigenvalue weighted by atomic mass is 35.5. The van der Waals surface area contributed by atoms with Crippen LogP contribution in [-0.4, -0.2) is 27.9 Å². The average molecular weight is 441 g/mol. The van der Waals surface area contributed by atoms with Crippen molar-refractivity contribution in [2.24, 2.45) is 0 Å². The normalized spacial score (nSPS) is 13.6. The molecular weight excluding hydrogens is 420 g/mol. The van der Waals surface area contributed by atoms with E-state index in [9.17, 15) is 13.2 Å². The van der Waals surface area contributed by atoms with Gasteiger partial charge in [0.05, 0.1) is 21.2 Å². The van der Waals surface area contributed by atoms with Crippen molar-refractivity contribution in [3.8, 4) is 0 Å². The summed E-state index contributed by atoms with van der Waals surface area (Å²) in [5.74, 6) is -0.299. The van der Waals surface area contributed by atoms with E-state index in [0.29, 0.717) is 12.2 Å². The highest BCUT2D eigenvalue weighted by molar-refractivity contribution is 7.92. The van der Waals surface area contributed by atoms with Crippen LogP contribution in [0.2, 0.25) is 5.02 Å². The number of hydrogen-bond donors (Lipinski definition) is 0. The largest absolute Gasteiger partial charge is 0.308 e. The van der Waals surface area contributed by atoms with Crippen LogP contribution in [-0.2, 0) is 16.4 Å². The first-order valence-electron chi connectivity index (χ1n) is 9.63. The first kappa shape index (κ1) is 20.4. The summed E-state index contributed by atoms with van der Waals surface area (Å²) in [6, 6.07) is 20.8. The van der Waals surface area contributed by atoms with E-state index in [0.717, 1.165) is 24.1 Å². The van der Waals surface area contributed by atoms with Crippen LogP contribution in [0, 0.1) is 0 Å². The van der Waals surface area contributed by atoms with Gasteiger partial charge in [-0.05, 0) is 54.8 Å². The van der Waals surface area contributed by atoms with E-state index in [2.05, 4.69) is 0 Å². The monoisotopic (exact) mass is 440 g/mol. The molecule has 0 saturated heterocycles. The number of hydrogen-bond acceptors (Lipinski definition) is 3. The summed E-state index contributed by atoms with van der Waals surface area (Å²) in [7, 11) is -2.36. The Balaban J connectivity index is 1.72. The Morgan fingerprint density at radius 1 is 1.00 bits per heavy atom. The Morgan fingerprint density at radius 2 is 1.70 bits per heavy atom. The maximum absolute atomic E-state index is 13.3. The standard InChI is InChI=1S/C23H21ClN2O3S/c1-25(18-10-3-2-4-11-18)30(28,29)19-13-14-21(24)20(16-19)23(27)26-15-7-9-17-8-5-6-12-22(17)26/h2-6,8,10-14,16H,7,9,15H2,1H3. The van der Waals surface area contributed by atoms with Gasteiger partial charge in [0.2, 0.25) is 0 Å². The molecule has 1 aliphatic heterocycles. The van der Waals surface area contributed by atoms with E-state index in [1.807, 2.05) is 30.3 Å². The van der Waals surface area contributed by atoms with E-state index >= 15 is 0 Å². The zero-order valence-electron chi connectivity index (χ0n) is 16.5. The lowest BCUT2D eigenvalue weighted by Crippen LogP contribution is -2.35. The van der Waals surface area contributed by atoms with Crippen LogP contribution in [0.4, 0.5) is 11.4 Å². The van der Waals surface area contributed by atoms with Crippen LogP contribution in [0.15, 0.2) is 77.7 Å². The molecule has 0 spiro atoms. The van der Waals surface area contributed by atoms with Gasteiger partial charge in [-0.25, -0.2) is 8.42 Å². The van der Waals surface area contributed by atoms with E-state index in [1.165, 1.54) is 29.6 Å². The van der Waals surface area contributed by atoms with Crippen molar-refractivity contribution in [1.82, 2.24) is 0 Å². The van der Waals surface area contributed by atoms with Gasteiger partial charge in [0.15, 0.2) is 0 Å². The summed E-state index contributed by atoms with van der Waals surface area (Å²) < 4.78 is 27.5. The van der Waals surface area contributed by atoms with Crippen molar-refractivity contribution < 1.29 is 13.2 Å². The first-order valence-corrected chi connectivity index (χ1v) is 11.4. The molecule has 1 aliphatic rings. The van der Waals surface area contributed by atoms with E-state index in [1.54, 1.807) is 29.2 Å². The van der Waals surface area contributed by atoms with Crippen LogP contribution < -0.4 is 9.21 Å². The third-order valence-electron chi connectivity index (χ3n) is 5.30. The highest BCUT2D eigenvalue weighted by Gasteiger charge is 2.28. The van der Waals surface area contributed by atoms with E-state index in [4.69, 9.17) is 11.6 Å². The Kier molecular flexibility index (Phi) is 5.54. The van der Waals surface area contributed by atoms with Crippen LogP contribution >= 0.6 is 11.6 Å². The van der Waals surface area contributed by atoms with Crippen molar-refractivity contribution in [2.45, 2.75) is 17.7 Å². The molecule has 0 aromatic heterocycles. The number of fused-ring (bicyclic) bond motifs is 1. The summed E-state index contributed by atoms with van der Waals surface area (Å²) in [6.45, 7) is 0.563. The van der Waals surface area contributed by atoms with Gasteiger partial charge in [0, 0.05) is 19.3 Å². The quantitative estimate of drug-likeness (QED) is 0.587. The molecule has 154 valence electrons. The second-order valence-corrected chi connectivity index (χ2v) is 9.52. The number of para-hydroxylation sites is 2. The van der Waals surface area contributed by atoms with Crippen molar-refractivity contribution in [2.75, 3.05) is 22.8 Å². The topological polar surface area (TPSA) is 57.7 Å². The van der Waals surface area contributed by atoms with Crippen molar-refractivity contribution >= 4 is 38.9 Å². The number of rotatable bonds is 4. The second-order valence-electron chi connectivity index (χ2n) is 7.14. The first-order chi connectivity index (χ1) is 14.4. The van der Waals surface area contributed by atoms with Gasteiger partial charge < -0.3 is 4.90 Å². The van der Waals surface area contributed by atoms with E-state index < -0.39 is 10.0 Å². The van der Waals surface area contributed by atoms with Crippen LogP contribution in [0.5, 0.6) is 0 Å². The molecule has 0 aliphatic carbocycles. The summed E-state index contributed by atoms with van der Waals surface area (Å²) >= 11 is 6.33. The van der Waals surface area contributed by atoms with Gasteiger partial charge in [-0.15, -0.1) is 0 Å². The number of amides is 1. The lowest BCUT2D eigenvalue weighted by Gasteiger charge is -2.30. The molecule has 5 nitrogen and oxygen atoms in total.